The molecule has 0 radical (unpaired) electrons. The predicted octanol–water partition coefficient (Wildman–Crippen LogP) is -1.03. The first kappa shape index (κ1) is 12.1. The van der Waals surface area contributed by atoms with Gasteiger partial charge in [0.2, 0.25) is 5.91 Å². The SMILES string of the molecule is CCOC(=O)c1nnnn1CC(C)C(N)=O. The van der Waals surface area contributed by atoms with E-state index >= 15 is 0 Å². The molecular weight excluding hydrogens is 214 g/mol. The van der Waals surface area contributed by atoms with Crippen molar-refractivity contribution >= 4 is 11.9 Å². The summed E-state index contributed by atoms with van der Waals surface area (Å²) in [6, 6.07) is 0. The molecule has 0 spiro atoms. The zero-order valence-corrected chi connectivity index (χ0v) is 9.08. The summed E-state index contributed by atoms with van der Waals surface area (Å²) in [5, 5.41) is 10.5. The van der Waals surface area contributed by atoms with Crippen LogP contribution in [0.3, 0.4) is 0 Å². The Bertz CT molecular complexity index is 389. The number of hydrogen-bond acceptors (Lipinski definition) is 6. The van der Waals surface area contributed by atoms with Gasteiger partial charge >= 0.3 is 5.97 Å². The third kappa shape index (κ3) is 2.75. The lowest BCUT2D eigenvalue weighted by Gasteiger charge is -2.07. The van der Waals surface area contributed by atoms with Crippen molar-refractivity contribution in [2.24, 2.45) is 11.7 Å². The zero-order chi connectivity index (χ0) is 12.1. The van der Waals surface area contributed by atoms with Gasteiger partial charge < -0.3 is 10.5 Å². The molecular formula is C8H13N5O3. The molecule has 8 heteroatoms. The highest BCUT2D eigenvalue weighted by atomic mass is 16.5. The smallest absolute Gasteiger partial charge is 0.378 e. The average Bonchev–Trinajstić information content (AvgIpc) is 2.66. The average molecular weight is 227 g/mol. The minimum absolute atomic E-state index is 0.0325. The van der Waals surface area contributed by atoms with E-state index in [2.05, 4.69) is 15.5 Å². The lowest BCUT2D eigenvalue weighted by atomic mass is 10.2. The second-order valence-corrected chi connectivity index (χ2v) is 3.21. The molecule has 0 aliphatic rings. The summed E-state index contributed by atoms with van der Waals surface area (Å²) in [7, 11) is 0. The van der Waals surface area contributed by atoms with Gasteiger partial charge in [-0.15, -0.1) is 5.10 Å². The minimum atomic E-state index is -0.621. The molecule has 0 fully saturated rings. The van der Waals surface area contributed by atoms with E-state index in [1.165, 1.54) is 4.68 Å². The first-order valence-electron chi connectivity index (χ1n) is 4.78. The number of nitrogens with zero attached hydrogens (tertiary/aromatic N) is 4. The van der Waals surface area contributed by atoms with Crippen molar-refractivity contribution < 1.29 is 14.3 Å². The fourth-order valence-corrected chi connectivity index (χ4v) is 1.02. The van der Waals surface area contributed by atoms with Gasteiger partial charge in [0.05, 0.1) is 19.1 Å². The largest absolute Gasteiger partial charge is 0.460 e. The number of carbonyl (C=O) groups excluding carboxylic acids is 2. The summed E-state index contributed by atoms with van der Waals surface area (Å²) >= 11 is 0. The van der Waals surface area contributed by atoms with Crippen molar-refractivity contribution in [3.63, 3.8) is 0 Å². The van der Waals surface area contributed by atoms with Gasteiger partial charge in [0.25, 0.3) is 5.82 Å². The van der Waals surface area contributed by atoms with Crippen LogP contribution < -0.4 is 5.73 Å². The maximum atomic E-state index is 11.4. The molecule has 0 saturated carbocycles. The Morgan fingerprint density at radius 2 is 2.25 bits per heavy atom. The van der Waals surface area contributed by atoms with E-state index in [9.17, 15) is 9.59 Å². The third-order valence-corrected chi connectivity index (χ3v) is 1.92. The van der Waals surface area contributed by atoms with E-state index in [0.717, 1.165) is 0 Å². The number of rotatable bonds is 5. The molecule has 0 bridgehead atoms. The summed E-state index contributed by atoms with van der Waals surface area (Å²) in [4.78, 5) is 22.2. The Hall–Kier alpha value is -1.99. The summed E-state index contributed by atoms with van der Waals surface area (Å²) in [6.07, 6.45) is 0. The first-order chi connectivity index (χ1) is 7.56. The second kappa shape index (κ2) is 5.19. The maximum absolute atomic E-state index is 11.4. The van der Waals surface area contributed by atoms with Crippen LogP contribution in [-0.2, 0) is 16.1 Å². The second-order valence-electron chi connectivity index (χ2n) is 3.21. The summed E-state index contributed by atoms with van der Waals surface area (Å²) in [5.74, 6) is -1.60. The number of hydrogen-bond donors (Lipinski definition) is 1. The number of nitrogens with two attached hydrogens (primary N) is 1. The van der Waals surface area contributed by atoms with Crippen LogP contribution in [0.15, 0.2) is 0 Å². The zero-order valence-electron chi connectivity index (χ0n) is 9.08. The molecule has 1 amide bonds. The van der Waals surface area contributed by atoms with Gasteiger partial charge in [-0.3, -0.25) is 4.79 Å². The molecule has 1 heterocycles. The number of tetrazole rings is 1. The first-order valence-corrected chi connectivity index (χ1v) is 4.78. The van der Waals surface area contributed by atoms with Gasteiger partial charge in [-0.1, -0.05) is 6.92 Å². The number of esters is 1. The number of primary amides is 1. The molecule has 0 aliphatic carbocycles. The lowest BCUT2D eigenvalue weighted by molar-refractivity contribution is -0.121. The fourth-order valence-electron chi connectivity index (χ4n) is 1.02. The molecule has 0 saturated heterocycles. The topological polar surface area (TPSA) is 113 Å². The number of amides is 1. The Morgan fingerprint density at radius 3 is 2.81 bits per heavy atom. The summed E-state index contributed by atoms with van der Waals surface area (Å²) in [6.45, 7) is 3.69. The van der Waals surface area contributed by atoms with Crippen molar-refractivity contribution in [2.45, 2.75) is 20.4 Å². The van der Waals surface area contributed by atoms with Crippen LogP contribution in [0.25, 0.3) is 0 Å². The molecule has 8 nitrogen and oxygen atoms in total. The monoisotopic (exact) mass is 227 g/mol. The van der Waals surface area contributed by atoms with Gasteiger partial charge in [0, 0.05) is 0 Å². The molecule has 88 valence electrons. The molecule has 0 aromatic carbocycles. The Labute approximate surface area is 91.7 Å². The van der Waals surface area contributed by atoms with E-state index in [0.29, 0.717) is 0 Å². The number of carbonyl (C=O) groups is 2. The van der Waals surface area contributed by atoms with Crippen LogP contribution in [0.2, 0.25) is 0 Å². The highest BCUT2D eigenvalue weighted by Gasteiger charge is 2.19. The molecule has 1 aromatic rings. The van der Waals surface area contributed by atoms with E-state index in [4.69, 9.17) is 10.5 Å². The molecule has 1 rings (SSSR count). The molecule has 2 N–H and O–H groups in total. The normalized spacial score (nSPS) is 12.1. The van der Waals surface area contributed by atoms with Crippen molar-refractivity contribution in [1.29, 1.82) is 0 Å². The van der Waals surface area contributed by atoms with E-state index in [-0.39, 0.29) is 19.0 Å². The van der Waals surface area contributed by atoms with Crippen LogP contribution in [0, 0.1) is 5.92 Å². The highest BCUT2D eigenvalue weighted by molar-refractivity contribution is 5.85. The van der Waals surface area contributed by atoms with Crippen LogP contribution in [0.1, 0.15) is 24.5 Å². The van der Waals surface area contributed by atoms with E-state index in [1.54, 1.807) is 13.8 Å². The Kier molecular flexibility index (Phi) is 3.92. The minimum Gasteiger partial charge on any atom is -0.460 e. The number of aromatic nitrogens is 4. The molecule has 1 unspecified atom stereocenters. The quantitative estimate of drug-likeness (QED) is 0.643. The Morgan fingerprint density at radius 1 is 1.56 bits per heavy atom. The Balaban J connectivity index is 2.78. The maximum Gasteiger partial charge on any atom is 0.378 e. The molecule has 1 aromatic heterocycles. The highest BCUT2D eigenvalue weighted by Crippen LogP contribution is 2.02. The van der Waals surface area contributed by atoms with Gasteiger partial charge in [-0.2, -0.15) is 0 Å². The van der Waals surface area contributed by atoms with Crippen molar-refractivity contribution in [3.8, 4) is 0 Å². The van der Waals surface area contributed by atoms with E-state index in [1.807, 2.05) is 0 Å². The van der Waals surface area contributed by atoms with Gasteiger partial charge in [0.15, 0.2) is 0 Å². The van der Waals surface area contributed by atoms with Gasteiger partial charge in [-0.25, -0.2) is 9.48 Å². The van der Waals surface area contributed by atoms with Crippen LogP contribution in [-0.4, -0.2) is 38.7 Å². The van der Waals surface area contributed by atoms with Crippen LogP contribution >= 0.6 is 0 Å². The van der Waals surface area contributed by atoms with Crippen molar-refractivity contribution in [3.05, 3.63) is 5.82 Å². The molecule has 1 atom stereocenters. The lowest BCUT2D eigenvalue weighted by Crippen LogP contribution is -2.27. The summed E-state index contributed by atoms with van der Waals surface area (Å²) < 4.78 is 5.95. The van der Waals surface area contributed by atoms with Crippen LogP contribution in [0.5, 0.6) is 0 Å². The molecule has 0 aliphatic heterocycles. The predicted molar refractivity (Wildman–Crippen MR) is 52.1 cm³/mol. The van der Waals surface area contributed by atoms with Gasteiger partial charge in [-0.05, 0) is 17.4 Å². The number of ether oxygens (including phenoxy) is 1. The summed E-state index contributed by atoms with van der Waals surface area (Å²) in [5.41, 5.74) is 5.10. The standard InChI is InChI=1S/C8H13N5O3/c1-3-16-8(15)7-10-11-12-13(7)4-5(2)6(9)14/h5H,3-4H2,1-2H3,(H2,9,14). The van der Waals surface area contributed by atoms with Crippen molar-refractivity contribution in [1.82, 2.24) is 20.2 Å². The molecule has 16 heavy (non-hydrogen) atoms. The van der Waals surface area contributed by atoms with Crippen molar-refractivity contribution in [2.75, 3.05) is 6.61 Å². The van der Waals surface area contributed by atoms with Crippen LogP contribution in [0.4, 0.5) is 0 Å². The van der Waals surface area contributed by atoms with E-state index < -0.39 is 17.8 Å². The third-order valence-electron chi connectivity index (χ3n) is 1.92. The fraction of sp³-hybridized carbons (Fsp3) is 0.625. The van der Waals surface area contributed by atoms with Gasteiger partial charge in [0.1, 0.15) is 0 Å².